The van der Waals surface area contributed by atoms with Crippen LogP contribution in [0.2, 0.25) is 0 Å². The van der Waals surface area contributed by atoms with E-state index in [2.05, 4.69) is 0 Å². The Kier molecular flexibility index (Phi) is 10.6. The van der Waals surface area contributed by atoms with E-state index in [0.717, 1.165) is 0 Å². The van der Waals surface area contributed by atoms with Crippen molar-refractivity contribution < 1.29 is 137 Å². The van der Waals surface area contributed by atoms with Gasteiger partial charge in [0.2, 0.25) is 0 Å². The van der Waals surface area contributed by atoms with Gasteiger partial charge in [-0.3, -0.25) is 0 Å². The van der Waals surface area contributed by atoms with E-state index in [1.807, 2.05) is 0 Å². The van der Waals surface area contributed by atoms with Crippen LogP contribution in [0.25, 0.3) is 0 Å². The fourth-order valence-corrected chi connectivity index (χ4v) is 4.18. The molecular formula is C12HF26NO5PS+. The van der Waals surface area contributed by atoms with E-state index in [1.165, 1.54) is 0 Å². The average molecular weight is 796 g/mol. The van der Waals surface area contributed by atoms with Crippen LogP contribution in [-0.4, -0.2) is 88.9 Å². The van der Waals surface area contributed by atoms with Crippen LogP contribution in [-0.2, 0) is 18.9 Å². The molecule has 0 amide bonds. The summed E-state index contributed by atoms with van der Waals surface area (Å²) >= 11 is 0. The third kappa shape index (κ3) is 5.47. The minimum absolute atomic E-state index is 1.72. The Hall–Kier alpha value is -1.89. The molecule has 0 radical (unpaired) electrons. The maximum absolute atomic E-state index is 14.7. The van der Waals surface area contributed by atoms with Gasteiger partial charge in [0.25, 0.3) is 9.84 Å². The molecule has 0 saturated carbocycles. The van der Waals surface area contributed by atoms with Gasteiger partial charge in [-0.05, 0) is 9.65 Å². The summed E-state index contributed by atoms with van der Waals surface area (Å²) in [5, 5.41) is -24.0. The Labute approximate surface area is 231 Å². The first kappa shape index (κ1) is 44.1. The lowest BCUT2D eigenvalue weighted by Crippen LogP contribution is -2.77. The minimum atomic E-state index is -10.6. The first-order chi connectivity index (χ1) is 19.3. The Morgan fingerprint density at radius 3 is 1.04 bits per heavy atom. The van der Waals surface area contributed by atoms with Crippen molar-refractivity contribution in [3.63, 3.8) is 0 Å². The van der Waals surface area contributed by atoms with Crippen molar-refractivity contribution >= 4 is 18.1 Å². The van der Waals surface area contributed by atoms with Crippen LogP contribution in [0.3, 0.4) is 0 Å². The van der Waals surface area contributed by atoms with Crippen molar-refractivity contribution in [1.82, 2.24) is 5.12 Å². The summed E-state index contributed by atoms with van der Waals surface area (Å²) in [5.74, 6) is -57.0. The van der Waals surface area contributed by atoms with E-state index in [-0.39, 0.29) is 0 Å². The molecule has 0 aromatic carbocycles. The zero-order chi connectivity index (χ0) is 38.4. The first-order valence-electron chi connectivity index (χ1n) is 9.10. The lowest BCUT2D eigenvalue weighted by atomic mass is 9.91. The fraction of sp³-hybridized carbons (Fsp3) is 1.00. The molecular weight excluding hydrogens is 795 g/mol. The van der Waals surface area contributed by atoms with Gasteiger partial charge in [-0.1, -0.05) is 0 Å². The molecule has 46 heavy (non-hydrogen) atoms. The first-order valence-corrected chi connectivity index (χ1v) is 11.7. The van der Waals surface area contributed by atoms with Gasteiger partial charge in [0.1, 0.15) is 0 Å². The molecule has 0 rings (SSSR count). The van der Waals surface area contributed by atoms with E-state index in [9.17, 15) is 127 Å². The van der Waals surface area contributed by atoms with Crippen LogP contribution in [0.5, 0.6) is 0 Å². The molecule has 2 atom stereocenters. The number of hydrogen-bond acceptors (Lipinski definition) is 5. The van der Waals surface area contributed by atoms with E-state index in [1.54, 1.807) is 4.52 Å². The lowest BCUT2D eigenvalue weighted by molar-refractivity contribution is -0.459. The number of sulfone groups is 1. The highest BCUT2D eigenvalue weighted by atomic mass is 32.2. The topological polar surface area (TPSA) is 83.9 Å². The predicted molar refractivity (Wildman–Crippen MR) is 83.2 cm³/mol. The third-order valence-electron chi connectivity index (χ3n) is 4.78. The molecule has 0 saturated heterocycles. The lowest BCUT2D eigenvalue weighted by Gasteiger charge is -2.44. The van der Waals surface area contributed by atoms with Gasteiger partial charge in [0, 0.05) is 4.57 Å². The van der Waals surface area contributed by atoms with Gasteiger partial charge in [-0.2, -0.15) is 110 Å². The molecule has 0 aromatic heterocycles. The van der Waals surface area contributed by atoms with Crippen molar-refractivity contribution in [2.45, 2.75) is 70.4 Å². The molecule has 6 nitrogen and oxygen atoms in total. The van der Waals surface area contributed by atoms with Crippen molar-refractivity contribution in [3.8, 4) is 0 Å². The SMILES string of the molecule is O=[P+](O)OC(F)(F)C(F)(N(F)C(F)(F)C(F)(F)F)S(=O)(=O)C(F)(F)C(F)(F)C(F)(F)C(F)(F)C(F)(F)C(F)(F)C(F)(F)C(F)(F)F. The molecule has 0 spiro atoms. The summed E-state index contributed by atoms with van der Waals surface area (Å²) < 4.78 is 380. The van der Waals surface area contributed by atoms with Gasteiger partial charge in [-0.15, -0.1) is 9.37 Å². The second-order valence-electron chi connectivity index (χ2n) is 7.69. The van der Waals surface area contributed by atoms with Crippen LogP contribution in [0.15, 0.2) is 0 Å². The zero-order valence-electron chi connectivity index (χ0n) is 19.2. The van der Waals surface area contributed by atoms with E-state index in [0.29, 0.717) is 0 Å². The molecule has 34 heteroatoms. The van der Waals surface area contributed by atoms with Gasteiger partial charge in [0.15, 0.2) is 0 Å². The molecule has 0 aliphatic rings. The molecule has 0 bridgehead atoms. The van der Waals surface area contributed by atoms with Crippen molar-refractivity contribution in [2.24, 2.45) is 0 Å². The zero-order valence-corrected chi connectivity index (χ0v) is 20.9. The van der Waals surface area contributed by atoms with Crippen LogP contribution in [0.4, 0.5) is 114 Å². The van der Waals surface area contributed by atoms with Crippen LogP contribution < -0.4 is 0 Å². The summed E-state index contributed by atoms with van der Waals surface area (Å²) in [6.07, 6.45) is -24.8. The second kappa shape index (κ2) is 11.1. The van der Waals surface area contributed by atoms with Gasteiger partial charge in [-0.25, -0.2) is 8.42 Å². The minimum Gasteiger partial charge on any atom is -0.217 e. The quantitative estimate of drug-likeness (QED) is 0.0896. The molecule has 2 unspecified atom stereocenters. The molecule has 0 fully saturated rings. The highest BCUT2D eigenvalue weighted by molar-refractivity contribution is 7.93. The number of halogens is 26. The Morgan fingerprint density at radius 2 is 0.783 bits per heavy atom. The third-order valence-corrected chi connectivity index (χ3v) is 7.21. The Morgan fingerprint density at radius 1 is 0.500 bits per heavy atom. The van der Waals surface area contributed by atoms with Gasteiger partial charge in [0.05, 0.1) is 0 Å². The van der Waals surface area contributed by atoms with E-state index in [4.69, 9.17) is 4.89 Å². The largest absolute Gasteiger partial charge is 0.701 e. The van der Waals surface area contributed by atoms with Gasteiger partial charge >= 0.3 is 78.7 Å². The van der Waals surface area contributed by atoms with Crippen LogP contribution >= 0.6 is 8.25 Å². The second-order valence-corrected chi connectivity index (χ2v) is 10.4. The summed E-state index contributed by atoms with van der Waals surface area (Å²) in [6, 6.07) is -8.50. The Balaban J connectivity index is 7.99. The monoisotopic (exact) mass is 796 g/mol. The maximum Gasteiger partial charge on any atom is 0.701 e. The molecule has 276 valence electrons. The van der Waals surface area contributed by atoms with Crippen molar-refractivity contribution in [3.05, 3.63) is 0 Å². The summed E-state index contributed by atoms with van der Waals surface area (Å²) in [5.41, 5.74) is 0. The molecule has 0 aliphatic heterocycles. The normalized spacial score (nSPS) is 18.1. The molecule has 1 N–H and O–H groups in total. The standard InChI is InChI=1S/C12F26NO5PS/c13-1(14,3(17,18)5(21,22)7(25,26)27)2(15,16)4(19,20)6(23,24)11(35,36)46(42,43)12(37,10(33,34)44-45(40)41)39(38)9(31,32)8(28,29)30/p+1. The van der Waals surface area contributed by atoms with Gasteiger partial charge < -0.3 is 0 Å². The molecule has 0 aromatic rings. The number of hydrogen-bond donors (Lipinski definition) is 1. The summed E-state index contributed by atoms with van der Waals surface area (Å²) in [7, 11) is -16.5. The number of nitrogens with zero attached hydrogens (tertiary/aromatic N) is 1. The van der Waals surface area contributed by atoms with E-state index < -0.39 is 93.6 Å². The summed E-state index contributed by atoms with van der Waals surface area (Å²) in [6.45, 7) is 0. The predicted octanol–water partition coefficient (Wildman–Crippen LogP) is 7.59. The average Bonchev–Trinajstić information content (AvgIpc) is 2.79. The van der Waals surface area contributed by atoms with Crippen molar-refractivity contribution in [1.29, 1.82) is 0 Å². The fourth-order valence-electron chi connectivity index (χ4n) is 2.31. The summed E-state index contributed by atoms with van der Waals surface area (Å²) in [4.78, 5) is 7.99. The number of alkyl halides is 25. The molecule has 0 heterocycles. The molecule has 0 aliphatic carbocycles. The van der Waals surface area contributed by atoms with Crippen LogP contribution in [0.1, 0.15) is 0 Å². The highest BCUT2D eigenvalue weighted by Crippen LogP contribution is 2.66. The smallest absolute Gasteiger partial charge is 0.217 e. The van der Waals surface area contributed by atoms with Crippen molar-refractivity contribution in [2.75, 3.05) is 0 Å². The maximum atomic E-state index is 14.7. The number of rotatable bonds is 13. The Bertz CT molecular complexity index is 1270. The highest BCUT2D eigenvalue weighted by Gasteiger charge is 2.98. The van der Waals surface area contributed by atoms with Crippen LogP contribution in [0, 0.1) is 0 Å². The van der Waals surface area contributed by atoms with E-state index >= 15 is 0 Å².